The normalized spacial score (nSPS) is 12.9. The van der Waals surface area contributed by atoms with Crippen LogP contribution in [0.2, 0.25) is 0 Å². The lowest BCUT2D eigenvalue weighted by molar-refractivity contribution is -0.167. The fourth-order valence-corrected chi connectivity index (χ4v) is 9.32. The SMILES string of the molecule is CC/C=C\C/C=C\C/C=C\C/C=C\C/C=C\C/C=C\C/C=C\CCCCCCCCCCCC(=O)OCC(COC(=O)CCCCCCC/C=C\C/C=C\CCCC)OC(=O)CCCCCCCCC/C=C\CCCCCCCCC. The van der Waals surface area contributed by atoms with E-state index in [0.717, 1.165) is 135 Å². The van der Waals surface area contributed by atoms with Gasteiger partial charge in [0.05, 0.1) is 0 Å². The maximum absolute atomic E-state index is 12.9. The van der Waals surface area contributed by atoms with Crippen LogP contribution in [-0.4, -0.2) is 37.2 Å². The van der Waals surface area contributed by atoms with Crippen LogP contribution in [-0.2, 0) is 28.6 Å². The molecular formula is C75H126O6. The van der Waals surface area contributed by atoms with Crippen molar-refractivity contribution < 1.29 is 28.6 Å². The lowest BCUT2D eigenvalue weighted by atomic mass is 10.1. The molecule has 0 bridgehead atoms. The Hall–Kier alpha value is -4.19. The number of hydrogen-bond acceptors (Lipinski definition) is 6. The van der Waals surface area contributed by atoms with E-state index >= 15 is 0 Å². The number of ether oxygens (including phenoxy) is 3. The van der Waals surface area contributed by atoms with Crippen molar-refractivity contribution in [2.75, 3.05) is 13.2 Å². The molecule has 81 heavy (non-hydrogen) atoms. The molecule has 462 valence electrons. The average molecular weight is 1120 g/mol. The van der Waals surface area contributed by atoms with Gasteiger partial charge < -0.3 is 14.2 Å². The molecule has 1 atom stereocenters. The van der Waals surface area contributed by atoms with Gasteiger partial charge in [-0.1, -0.05) is 290 Å². The van der Waals surface area contributed by atoms with Gasteiger partial charge in [0.2, 0.25) is 0 Å². The second-order valence-corrected chi connectivity index (χ2v) is 22.3. The van der Waals surface area contributed by atoms with Crippen LogP contribution in [0.1, 0.15) is 316 Å². The predicted molar refractivity (Wildman–Crippen MR) is 353 cm³/mol. The zero-order valence-electron chi connectivity index (χ0n) is 53.0. The molecule has 0 aromatic rings. The minimum absolute atomic E-state index is 0.0883. The summed E-state index contributed by atoms with van der Waals surface area (Å²) in [6, 6.07) is 0. The second-order valence-electron chi connectivity index (χ2n) is 22.3. The van der Waals surface area contributed by atoms with E-state index in [-0.39, 0.29) is 31.1 Å². The number of unbranched alkanes of at least 4 members (excludes halogenated alkanes) is 30. The first-order valence-electron chi connectivity index (χ1n) is 34.0. The Bertz CT molecular complexity index is 1670. The Morgan fingerprint density at radius 1 is 0.259 bits per heavy atom. The number of carbonyl (C=O) groups is 3. The van der Waals surface area contributed by atoms with E-state index in [1.807, 2.05) is 0 Å². The minimum atomic E-state index is -0.792. The molecule has 0 radical (unpaired) electrons. The summed E-state index contributed by atoms with van der Waals surface area (Å²) in [6.45, 7) is 6.49. The van der Waals surface area contributed by atoms with E-state index < -0.39 is 6.10 Å². The Labute approximate surface area is 501 Å². The van der Waals surface area contributed by atoms with Crippen molar-refractivity contribution in [2.45, 2.75) is 322 Å². The summed E-state index contributed by atoms with van der Waals surface area (Å²) >= 11 is 0. The quantitative estimate of drug-likeness (QED) is 0.0261. The van der Waals surface area contributed by atoms with Crippen molar-refractivity contribution in [1.82, 2.24) is 0 Å². The standard InChI is InChI=1S/C75H126O6/c1-4-7-10-13-16-19-22-25-28-30-32-33-34-35-36-37-38-39-40-41-42-43-44-46-47-50-53-56-59-62-65-68-74(77)80-71-72(70-79-73(76)67-64-61-58-55-52-49-27-24-21-18-15-12-9-6-3)81-75(78)69-66-63-60-57-54-51-48-45-31-29-26-23-20-17-14-11-8-5-2/h7,10,15-16,18-19,24-25,27-29,31-33,35-36,38-39,41-42,72H,4-6,8-9,11-14,17,20-23,26,30,34,37,40,43-71H2,1-3H3/b10-7-,18-15-,19-16-,27-24-,28-25-,31-29-,33-32-,36-35-,39-38-,42-41-. The summed E-state index contributed by atoms with van der Waals surface area (Å²) in [4.78, 5) is 38.4. The van der Waals surface area contributed by atoms with Crippen LogP contribution in [0.5, 0.6) is 0 Å². The molecule has 0 aliphatic carbocycles. The summed E-state index contributed by atoms with van der Waals surface area (Å²) in [7, 11) is 0. The van der Waals surface area contributed by atoms with Crippen molar-refractivity contribution in [3.63, 3.8) is 0 Å². The fraction of sp³-hybridized carbons (Fsp3) is 0.693. The third-order valence-corrected chi connectivity index (χ3v) is 14.4. The molecule has 0 aliphatic rings. The smallest absolute Gasteiger partial charge is 0.306 e. The van der Waals surface area contributed by atoms with Crippen LogP contribution >= 0.6 is 0 Å². The Balaban J connectivity index is 4.32. The summed E-state index contributed by atoms with van der Waals surface area (Å²) in [5, 5.41) is 0. The third-order valence-electron chi connectivity index (χ3n) is 14.4. The molecule has 0 aromatic heterocycles. The van der Waals surface area contributed by atoms with Gasteiger partial charge in [0, 0.05) is 19.3 Å². The van der Waals surface area contributed by atoms with E-state index in [0.29, 0.717) is 19.3 Å². The lowest BCUT2D eigenvalue weighted by Crippen LogP contribution is -2.30. The molecule has 0 spiro atoms. The molecule has 0 N–H and O–H groups in total. The van der Waals surface area contributed by atoms with Gasteiger partial charge in [-0.15, -0.1) is 0 Å². The molecule has 0 rings (SSSR count). The summed E-state index contributed by atoms with van der Waals surface area (Å²) in [5.74, 6) is -0.904. The van der Waals surface area contributed by atoms with Gasteiger partial charge in [0.15, 0.2) is 6.10 Å². The molecule has 1 unspecified atom stereocenters. The third kappa shape index (κ3) is 66.5. The number of esters is 3. The number of allylic oxidation sites excluding steroid dienone is 20. The van der Waals surface area contributed by atoms with Crippen molar-refractivity contribution in [3.8, 4) is 0 Å². The van der Waals surface area contributed by atoms with Crippen LogP contribution in [0.25, 0.3) is 0 Å². The first kappa shape index (κ1) is 76.8. The van der Waals surface area contributed by atoms with Gasteiger partial charge in [0.25, 0.3) is 0 Å². The largest absolute Gasteiger partial charge is 0.462 e. The van der Waals surface area contributed by atoms with Crippen LogP contribution in [0, 0.1) is 0 Å². The summed E-state index contributed by atoms with van der Waals surface area (Å²) < 4.78 is 16.9. The summed E-state index contributed by atoms with van der Waals surface area (Å²) in [6.07, 6.45) is 94.9. The van der Waals surface area contributed by atoms with Gasteiger partial charge >= 0.3 is 17.9 Å². The molecular weight excluding hydrogens is 997 g/mol. The number of carbonyl (C=O) groups excluding carboxylic acids is 3. The highest BCUT2D eigenvalue weighted by Crippen LogP contribution is 2.16. The van der Waals surface area contributed by atoms with Crippen molar-refractivity contribution in [2.24, 2.45) is 0 Å². The van der Waals surface area contributed by atoms with E-state index in [9.17, 15) is 14.4 Å². The van der Waals surface area contributed by atoms with E-state index in [2.05, 4.69) is 142 Å². The molecule has 0 saturated carbocycles. The van der Waals surface area contributed by atoms with Gasteiger partial charge in [-0.2, -0.15) is 0 Å². The topological polar surface area (TPSA) is 78.9 Å². The van der Waals surface area contributed by atoms with E-state index in [1.165, 1.54) is 141 Å². The molecule has 6 nitrogen and oxygen atoms in total. The van der Waals surface area contributed by atoms with Gasteiger partial charge in [-0.3, -0.25) is 14.4 Å². The van der Waals surface area contributed by atoms with Crippen LogP contribution in [0.4, 0.5) is 0 Å². The first-order valence-corrected chi connectivity index (χ1v) is 34.0. The molecule has 6 heteroatoms. The zero-order valence-corrected chi connectivity index (χ0v) is 53.0. The highest BCUT2D eigenvalue weighted by atomic mass is 16.6. The second kappa shape index (κ2) is 68.3. The maximum atomic E-state index is 12.9. The molecule has 0 aliphatic heterocycles. The van der Waals surface area contributed by atoms with Crippen molar-refractivity contribution in [3.05, 3.63) is 122 Å². The zero-order chi connectivity index (χ0) is 58.5. The van der Waals surface area contributed by atoms with Crippen LogP contribution < -0.4 is 0 Å². The first-order chi connectivity index (χ1) is 40.0. The Morgan fingerprint density at radius 2 is 0.494 bits per heavy atom. The van der Waals surface area contributed by atoms with Gasteiger partial charge in [-0.25, -0.2) is 0 Å². The lowest BCUT2D eigenvalue weighted by Gasteiger charge is -2.18. The monoisotopic (exact) mass is 1120 g/mol. The van der Waals surface area contributed by atoms with Crippen molar-refractivity contribution in [1.29, 1.82) is 0 Å². The molecule has 0 saturated heterocycles. The molecule has 0 aromatic carbocycles. The number of rotatable bonds is 61. The van der Waals surface area contributed by atoms with Gasteiger partial charge in [-0.05, 0) is 128 Å². The molecule has 0 heterocycles. The maximum Gasteiger partial charge on any atom is 0.306 e. The van der Waals surface area contributed by atoms with Crippen molar-refractivity contribution >= 4 is 17.9 Å². The summed E-state index contributed by atoms with van der Waals surface area (Å²) in [5.41, 5.74) is 0. The van der Waals surface area contributed by atoms with Gasteiger partial charge in [0.1, 0.15) is 13.2 Å². The molecule has 0 fully saturated rings. The highest BCUT2D eigenvalue weighted by molar-refractivity contribution is 5.71. The Morgan fingerprint density at radius 3 is 0.802 bits per heavy atom. The Kier molecular flexibility index (Phi) is 64.8. The van der Waals surface area contributed by atoms with E-state index in [4.69, 9.17) is 14.2 Å². The van der Waals surface area contributed by atoms with Crippen LogP contribution in [0.15, 0.2) is 122 Å². The predicted octanol–water partition coefficient (Wildman–Crippen LogP) is 23.6. The minimum Gasteiger partial charge on any atom is -0.462 e. The van der Waals surface area contributed by atoms with Crippen LogP contribution in [0.3, 0.4) is 0 Å². The fourth-order valence-electron chi connectivity index (χ4n) is 9.32. The molecule has 0 amide bonds. The van der Waals surface area contributed by atoms with E-state index in [1.54, 1.807) is 0 Å². The highest BCUT2D eigenvalue weighted by Gasteiger charge is 2.19. The average Bonchev–Trinajstić information content (AvgIpc) is 3.47. The number of hydrogen-bond donors (Lipinski definition) is 0.